The fourth-order valence-corrected chi connectivity index (χ4v) is 2.35. The molecule has 0 saturated carbocycles. The van der Waals surface area contributed by atoms with Crippen LogP contribution in [0, 0.1) is 0 Å². The Hall–Kier alpha value is -2.28. The van der Waals surface area contributed by atoms with E-state index in [1.165, 1.54) is 0 Å². The van der Waals surface area contributed by atoms with Crippen molar-refractivity contribution in [1.29, 1.82) is 0 Å². The van der Waals surface area contributed by atoms with Crippen molar-refractivity contribution in [3.8, 4) is 5.75 Å². The van der Waals surface area contributed by atoms with E-state index in [9.17, 15) is 8.42 Å². The smallest absolute Gasteiger partial charge is 0.233 e. The summed E-state index contributed by atoms with van der Waals surface area (Å²) >= 11 is 0. The second-order valence-corrected chi connectivity index (χ2v) is 6.50. The van der Waals surface area contributed by atoms with E-state index in [-0.39, 0.29) is 5.75 Å². The third kappa shape index (κ3) is 4.36. The molecule has 0 aliphatic carbocycles. The van der Waals surface area contributed by atoms with Crippen LogP contribution >= 0.6 is 0 Å². The fourth-order valence-electron chi connectivity index (χ4n) is 1.77. The molecule has 0 saturated heterocycles. The van der Waals surface area contributed by atoms with Gasteiger partial charge >= 0.3 is 0 Å². The van der Waals surface area contributed by atoms with Gasteiger partial charge in [0, 0.05) is 0 Å². The molecule has 0 amide bonds. The highest BCUT2D eigenvalue weighted by molar-refractivity contribution is 7.92. The van der Waals surface area contributed by atoms with Crippen molar-refractivity contribution in [1.82, 2.24) is 4.98 Å². The first-order valence-electron chi connectivity index (χ1n) is 6.99. The predicted octanol–water partition coefficient (Wildman–Crippen LogP) is 2.99. The van der Waals surface area contributed by atoms with Gasteiger partial charge < -0.3 is 10.1 Å². The van der Waals surface area contributed by atoms with E-state index in [0.29, 0.717) is 12.4 Å². The number of sulfonamides is 1. The summed E-state index contributed by atoms with van der Waals surface area (Å²) in [6.07, 6.45) is 1.57. The summed E-state index contributed by atoms with van der Waals surface area (Å²) in [5, 5.41) is 3.20. The third-order valence-corrected chi connectivity index (χ3v) is 4.15. The number of nitrogens with one attached hydrogen (secondary N) is 2. The standard InChI is InChI=1S/C15H19N3O3S/c1-3-21-14-8-6-5-7-13(14)17-12-9-10-15(16-11-12)18-22(19,20)4-2/h5-11,17H,3-4H2,1-2H3,(H,16,18). The molecule has 0 unspecified atom stereocenters. The molecule has 0 atom stereocenters. The quantitative estimate of drug-likeness (QED) is 0.819. The molecule has 1 aromatic heterocycles. The zero-order valence-corrected chi connectivity index (χ0v) is 13.4. The largest absolute Gasteiger partial charge is 0.492 e. The van der Waals surface area contributed by atoms with Gasteiger partial charge in [-0.3, -0.25) is 4.72 Å². The molecule has 1 aromatic carbocycles. The second kappa shape index (κ2) is 7.13. The van der Waals surface area contributed by atoms with Crippen LogP contribution in [0.4, 0.5) is 17.2 Å². The second-order valence-electron chi connectivity index (χ2n) is 4.49. The monoisotopic (exact) mass is 321 g/mol. The average molecular weight is 321 g/mol. The number of aromatic nitrogens is 1. The Kier molecular flexibility index (Phi) is 5.21. The molecule has 2 aromatic rings. The zero-order chi connectivity index (χ0) is 16.0. The van der Waals surface area contributed by atoms with Crippen molar-refractivity contribution in [2.75, 3.05) is 22.4 Å². The number of rotatable bonds is 7. The van der Waals surface area contributed by atoms with E-state index in [4.69, 9.17) is 4.74 Å². The van der Waals surface area contributed by atoms with Gasteiger partial charge in [0.25, 0.3) is 0 Å². The van der Waals surface area contributed by atoms with Crippen molar-refractivity contribution in [3.05, 3.63) is 42.6 Å². The number of nitrogens with zero attached hydrogens (tertiary/aromatic N) is 1. The molecule has 118 valence electrons. The number of para-hydroxylation sites is 2. The Labute approximate surface area is 130 Å². The molecule has 0 aliphatic heterocycles. The van der Waals surface area contributed by atoms with Gasteiger partial charge in [0.15, 0.2) is 0 Å². The third-order valence-electron chi connectivity index (χ3n) is 2.87. The number of benzene rings is 1. The molecule has 0 aliphatic rings. The van der Waals surface area contributed by atoms with Crippen molar-refractivity contribution < 1.29 is 13.2 Å². The van der Waals surface area contributed by atoms with E-state index in [1.54, 1.807) is 25.3 Å². The Morgan fingerprint density at radius 1 is 1.14 bits per heavy atom. The molecular weight excluding hydrogens is 302 g/mol. The molecule has 2 rings (SSSR count). The summed E-state index contributed by atoms with van der Waals surface area (Å²) in [6, 6.07) is 10.9. The average Bonchev–Trinajstić information content (AvgIpc) is 2.51. The van der Waals surface area contributed by atoms with Crippen molar-refractivity contribution in [3.63, 3.8) is 0 Å². The lowest BCUT2D eigenvalue weighted by atomic mass is 10.2. The van der Waals surface area contributed by atoms with E-state index in [0.717, 1.165) is 17.1 Å². The summed E-state index contributed by atoms with van der Waals surface area (Å²) in [5.41, 5.74) is 1.57. The molecule has 7 heteroatoms. The minimum absolute atomic E-state index is 0.0103. The molecular formula is C15H19N3O3S. The van der Waals surface area contributed by atoms with Crippen molar-refractivity contribution in [2.24, 2.45) is 0 Å². The normalized spacial score (nSPS) is 11.0. The van der Waals surface area contributed by atoms with Crippen LogP contribution < -0.4 is 14.8 Å². The Morgan fingerprint density at radius 3 is 2.55 bits per heavy atom. The number of hydrogen-bond donors (Lipinski definition) is 2. The Bertz CT molecular complexity index is 715. The molecule has 2 N–H and O–H groups in total. The van der Waals surface area contributed by atoms with Crippen LogP contribution in [0.2, 0.25) is 0 Å². The van der Waals surface area contributed by atoms with Crippen LogP contribution in [0.25, 0.3) is 0 Å². The van der Waals surface area contributed by atoms with Gasteiger partial charge in [-0.05, 0) is 38.1 Å². The zero-order valence-electron chi connectivity index (χ0n) is 12.5. The molecule has 1 heterocycles. The van der Waals surface area contributed by atoms with E-state index >= 15 is 0 Å². The highest BCUT2D eigenvalue weighted by atomic mass is 32.2. The van der Waals surface area contributed by atoms with Crippen molar-refractivity contribution >= 4 is 27.2 Å². The molecule has 0 bridgehead atoms. The van der Waals surface area contributed by atoms with E-state index in [2.05, 4.69) is 15.0 Å². The van der Waals surface area contributed by atoms with E-state index in [1.807, 2.05) is 31.2 Å². The lowest BCUT2D eigenvalue weighted by molar-refractivity contribution is 0.342. The van der Waals surface area contributed by atoms with Gasteiger partial charge in [-0.25, -0.2) is 13.4 Å². The number of ether oxygens (including phenoxy) is 1. The lowest BCUT2D eigenvalue weighted by Crippen LogP contribution is -2.15. The van der Waals surface area contributed by atoms with Crippen LogP contribution in [0.1, 0.15) is 13.8 Å². The number of pyridine rings is 1. The van der Waals surface area contributed by atoms with Gasteiger partial charge in [0.2, 0.25) is 10.0 Å². The molecule has 0 spiro atoms. The molecule has 0 radical (unpaired) electrons. The van der Waals surface area contributed by atoms with E-state index < -0.39 is 10.0 Å². The first kappa shape index (κ1) is 16.1. The summed E-state index contributed by atoms with van der Waals surface area (Å²) in [5.74, 6) is 1.06. The van der Waals surface area contributed by atoms with Crippen LogP contribution in [-0.4, -0.2) is 25.8 Å². The van der Waals surface area contributed by atoms with Crippen LogP contribution in [0.15, 0.2) is 42.6 Å². The summed E-state index contributed by atoms with van der Waals surface area (Å²) < 4.78 is 30.9. The van der Waals surface area contributed by atoms with Crippen LogP contribution in [-0.2, 0) is 10.0 Å². The Morgan fingerprint density at radius 2 is 1.91 bits per heavy atom. The maximum Gasteiger partial charge on any atom is 0.233 e. The van der Waals surface area contributed by atoms with Crippen LogP contribution in [0.5, 0.6) is 5.75 Å². The minimum Gasteiger partial charge on any atom is -0.492 e. The van der Waals surface area contributed by atoms with Gasteiger partial charge in [0.1, 0.15) is 11.6 Å². The minimum atomic E-state index is -3.31. The molecule has 6 nitrogen and oxygen atoms in total. The summed E-state index contributed by atoms with van der Waals surface area (Å²) in [4.78, 5) is 4.09. The maximum atomic E-state index is 11.5. The van der Waals surface area contributed by atoms with Crippen LogP contribution in [0.3, 0.4) is 0 Å². The lowest BCUT2D eigenvalue weighted by Gasteiger charge is -2.12. The molecule has 22 heavy (non-hydrogen) atoms. The van der Waals surface area contributed by atoms with Gasteiger partial charge in [-0.2, -0.15) is 0 Å². The number of hydrogen-bond acceptors (Lipinski definition) is 5. The summed E-state index contributed by atoms with van der Waals surface area (Å²) in [6.45, 7) is 4.07. The van der Waals surface area contributed by atoms with Gasteiger partial charge in [-0.1, -0.05) is 12.1 Å². The summed E-state index contributed by atoms with van der Waals surface area (Å²) in [7, 11) is -3.31. The fraction of sp³-hybridized carbons (Fsp3) is 0.267. The van der Waals surface area contributed by atoms with Gasteiger partial charge in [-0.15, -0.1) is 0 Å². The topological polar surface area (TPSA) is 80.3 Å². The SMILES string of the molecule is CCOc1ccccc1Nc1ccc(NS(=O)(=O)CC)nc1. The first-order valence-corrected chi connectivity index (χ1v) is 8.64. The maximum absolute atomic E-state index is 11.5. The Balaban J connectivity index is 2.12. The number of anilines is 3. The highest BCUT2D eigenvalue weighted by Gasteiger charge is 2.08. The van der Waals surface area contributed by atoms with Gasteiger partial charge in [0.05, 0.1) is 29.9 Å². The van der Waals surface area contributed by atoms with Crippen molar-refractivity contribution in [2.45, 2.75) is 13.8 Å². The molecule has 0 fully saturated rings. The predicted molar refractivity (Wildman–Crippen MR) is 88.2 cm³/mol. The highest BCUT2D eigenvalue weighted by Crippen LogP contribution is 2.27. The first-order chi connectivity index (χ1) is 10.5.